The van der Waals surface area contributed by atoms with Crippen LogP contribution in [0.3, 0.4) is 0 Å². The Labute approximate surface area is 93.4 Å². The first-order valence-corrected chi connectivity index (χ1v) is 6.66. The van der Waals surface area contributed by atoms with Crippen molar-refractivity contribution < 1.29 is 13.2 Å². The molecule has 1 rings (SSSR count). The summed E-state index contributed by atoms with van der Waals surface area (Å²) in [6, 6.07) is 0. The molecule has 1 aromatic rings. The number of aromatic nitrogens is 2. The van der Waals surface area contributed by atoms with Crippen LogP contribution in [0.1, 0.15) is 12.5 Å². The number of sulfone groups is 1. The van der Waals surface area contributed by atoms with Gasteiger partial charge < -0.3 is 4.74 Å². The molecule has 0 atom stereocenters. The van der Waals surface area contributed by atoms with E-state index in [0.29, 0.717) is 12.2 Å². The topological polar surface area (TPSA) is 69.2 Å². The van der Waals surface area contributed by atoms with Gasteiger partial charge in [-0.1, -0.05) is 0 Å². The highest BCUT2D eigenvalue weighted by atomic mass is 35.5. The molecular weight excluding hydrogens is 240 g/mol. The molecule has 0 aromatic carbocycles. The summed E-state index contributed by atoms with van der Waals surface area (Å²) in [6.45, 7) is 2.17. The normalized spacial score (nSPS) is 11.4. The molecule has 1 aromatic heterocycles. The molecule has 1 heterocycles. The Morgan fingerprint density at radius 3 is 2.67 bits per heavy atom. The molecule has 0 saturated carbocycles. The lowest BCUT2D eigenvalue weighted by molar-refractivity contribution is 0.319. The molecule has 0 bridgehead atoms. The van der Waals surface area contributed by atoms with Crippen molar-refractivity contribution in [1.82, 2.24) is 9.97 Å². The highest BCUT2D eigenvalue weighted by molar-refractivity contribution is 7.90. The van der Waals surface area contributed by atoms with Gasteiger partial charge in [-0.15, -0.1) is 11.6 Å². The van der Waals surface area contributed by atoms with Crippen LogP contribution in [0, 0.1) is 0 Å². The van der Waals surface area contributed by atoms with Crippen molar-refractivity contribution in [2.75, 3.05) is 12.9 Å². The van der Waals surface area contributed by atoms with Crippen molar-refractivity contribution in [1.29, 1.82) is 0 Å². The maximum absolute atomic E-state index is 11.2. The molecule has 7 heteroatoms. The molecule has 0 unspecified atom stereocenters. The average Bonchev–Trinajstić information content (AvgIpc) is 2.17. The summed E-state index contributed by atoms with van der Waals surface area (Å²) < 4.78 is 27.5. The van der Waals surface area contributed by atoms with Crippen LogP contribution >= 0.6 is 11.6 Å². The summed E-state index contributed by atoms with van der Waals surface area (Å²) in [5.74, 6) is 0.405. The maximum Gasteiger partial charge on any atom is 0.250 e. The molecule has 0 amide bonds. The largest absolute Gasteiger partial charge is 0.478 e. The van der Waals surface area contributed by atoms with Crippen molar-refractivity contribution in [2.24, 2.45) is 0 Å². The summed E-state index contributed by atoms with van der Waals surface area (Å²) in [5, 5.41) is -0.250. The number of ether oxygens (including phenoxy) is 1. The molecule has 0 aliphatic heterocycles. The second-order valence-electron chi connectivity index (χ2n) is 2.82. The molecule has 0 saturated heterocycles. The average molecular weight is 251 g/mol. The van der Waals surface area contributed by atoms with Crippen molar-refractivity contribution >= 4 is 21.4 Å². The fourth-order valence-corrected chi connectivity index (χ4v) is 1.58. The SMILES string of the molecule is CCOc1nc(S(C)(=O)=O)ncc1CCl. The number of hydrogen-bond donors (Lipinski definition) is 0. The van der Waals surface area contributed by atoms with Gasteiger partial charge >= 0.3 is 0 Å². The zero-order valence-corrected chi connectivity index (χ0v) is 9.97. The molecule has 0 aliphatic rings. The quantitative estimate of drug-likeness (QED) is 0.589. The zero-order chi connectivity index (χ0) is 11.5. The second kappa shape index (κ2) is 4.76. The third-order valence-corrected chi connectivity index (χ3v) is 2.71. The molecule has 15 heavy (non-hydrogen) atoms. The minimum Gasteiger partial charge on any atom is -0.478 e. The molecule has 0 spiro atoms. The van der Waals surface area contributed by atoms with E-state index < -0.39 is 9.84 Å². The van der Waals surface area contributed by atoms with Crippen molar-refractivity contribution in [3.05, 3.63) is 11.8 Å². The third-order valence-electron chi connectivity index (χ3n) is 1.56. The van der Waals surface area contributed by atoms with Gasteiger partial charge in [0.2, 0.25) is 20.9 Å². The van der Waals surface area contributed by atoms with Gasteiger partial charge in [-0.3, -0.25) is 0 Å². The first-order chi connectivity index (χ1) is 6.99. The number of nitrogens with zero attached hydrogens (tertiary/aromatic N) is 2. The van der Waals surface area contributed by atoms with Crippen LogP contribution in [-0.4, -0.2) is 31.2 Å². The minimum atomic E-state index is -3.41. The highest BCUT2D eigenvalue weighted by Gasteiger charge is 2.14. The lowest BCUT2D eigenvalue weighted by atomic mass is 10.4. The van der Waals surface area contributed by atoms with E-state index in [0.717, 1.165) is 6.26 Å². The molecule has 0 N–H and O–H groups in total. The van der Waals surface area contributed by atoms with Gasteiger partial charge in [0.1, 0.15) is 0 Å². The van der Waals surface area contributed by atoms with E-state index in [1.807, 2.05) is 0 Å². The Hall–Kier alpha value is -0.880. The van der Waals surface area contributed by atoms with Gasteiger partial charge in [0, 0.05) is 18.0 Å². The summed E-state index contributed by atoms with van der Waals surface area (Å²) >= 11 is 5.62. The first-order valence-electron chi connectivity index (χ1n) is 4.23. The van der Waals surface area contributed by atoms with E-state index in [1.54, 1.807) is 6.92 Å². The highest BCUT2D eigenvalue weighted by Crippen LogP contribution is 2.18. The predicted octanol–water partition coefficient (Wildman–Crippen LogP) is 1.02. The number of rotatable bonds is 4. The zero-order valence-electron chi connectivity index (χ0n) is 8.40. The Bertz CT molecular complexity index is 447. The van der Waals surface area contributed by atoms with E-state index in [2.05, 4.69) is 9.97 Å². The van der Waals surface area contributed by atoms with Crippen LogP contribution in [0.5, 0.6) is 5.88 Å². The fourth-order valence-electron chi connectivity index (χ4n) is 0.908. The summed E-state index contributed by atoms with van der Waals surface area (Å²) in [4.78, 5) is 7.50. The van der Waals surface area contributed by atoms with E-state index >= 15 is 0 Å². The number of halogens is 1. The summed E-state index contributed by atoms with van der Waals surface area (Å²) in [6.07, 6.45) is 2.40. The van der Waals surface area contributed by atoms with Crippen LogP contribution in [-0.2, 0) is 15.7 Å². The molecular formula is C8H11ClN2O3S. The monoisotopic (exact) mass is 250 g/mol. The molecule has 0 aliphatic carbocycles. The van der Waals surface area contributed by atoms with Gasteiger partial charge in [0.05, 0.1) is 12.5 Å². The standard InChI is InChI=1S/C8H11ClN2O3S/c1-3-14-7-6(4-9)5-10-8(11-7)15(2,12)13/h5H,3-4H2,1-2H3. The molecule has 0 radical (unpaired) electrons. The summed E-state index contributed by atoms with van der Waals surface area (Å²) in [7, 11) is -3.41. The molecule has 0 fully saturated rings. The van der Waals surface area contributed by atoms with Gasteiger partial charge in [-0.05, 0) is 6.92 Å². The van der Waals surface area contributed by atoms with E-state index in [9.17, 15) is 8.42 Å². The van der Waals surface area contributed by atoms with Gasteiger partial charge in [-0.25, -0.2) is 13.4 Å². The lowest BCUT2D eigenvalue weighted by Crippen LogP contribution is -2.07. The van der Waals surface area contributed by atoms with Crippen LogP contribution in [0.2, 0.25) is 0 Å². The van der Waals surface area contributed by atoms with Crippen LogP contribution in [0.15, 0.2) is 11.4 Å². The van der Waals surface area contributed by atoms with Crippen molar-refractivity contribution in [3.8, 4) is 5.88 Å². The first kappa shape index (κ1) is 12.2. The van der Waals surface area contributed by atoms with E-state index in [1.165, 1.54) is 6.20 Å². The number of hydrogen-bond acceptors (Lipinski definition) is 5. The van der Waals surface area contributed by atoms with Gasteiger partial charge in [0.15, 0.2) is 0 Å². The van der Waals surface area contributed by atoms with Crippen LogP contribution < -0.4 is 4.74 Å². The lowest BCUT2D eigenvalue weighted by Gasteiger charge is -2.07. The number of alkyl halides is 1. The molecule has 5 nitrogen and oxygen atoms in total. The van der Waals surface area contributed by atoms with Crippen LogP contribution in [0.25, 0.3) is 0 Å². The molecule has 84 valence electrons. The van der Waals surface area contributed by atoms with E-state index in [4.69, 9.17) is 16.3 Å². The van der Waals surface area contributed by atoms with Crippen molar-refractivity contribution in [2.45, 2.75) is 18.0 Å². The summed E-state index contributed by atoms with van der Waals surface area (Å²) in [5.41, 5.74) is 0.575. The maximum atomic E-state index is 11.2. The fraction of sp³-hybridized carbons (Fsp3) is 0.500. The van der Waals surface area contributed by atoms with E-state index in [-0.39, 0.29) is 16.9 Å². The second-order valence-corrected chi connectivity index (χ2v) is 5.00. The van der Waals surface area contributed by atoms with Crippen molar-refractivity contribution in [3.63, 3.8) is 0 Å². The smallest absolute Gasteiger partial charge is 0.250 e. The predicted molar refractivity (Wildman–Crippen MR) is 55.9 cm³/mol. The third kappa shape index (κ3) is 3.04. The van der Waals surface area contributed by atoms with Gasteiger partial charge in [-0.2, -0.15) is 4.98 Å². The Morgan fingerprint density at radius 1 is 1.53 bits per heavy atom. The Balaban J connectivity index is 3.22. The van der Waals surface area contributed by atoms with Crippen LogP contribution in [0.4, 0.5) is 0 Å². The van der Waals surface area contributed by atoms with Gasteiger partial charge in [0.25, 0.3) is 0 Å². The Kier molecular flexibility index (Phi) is 3.87. The Morgan fingerprint density at radius 2 is 2.20 bits per heavy atom. The minimum absolute atomic E-state index is 0.180.